The molecule has 1 aromatic heterocycles. The number of nitrogens with two attached hydrogens (primary N) is 1. The minimum atomic E-state index is 0. The lowest BCUT2D eigenvalue weighted by atomic mass is 9.79. The Balaban J connectivity index is 0.00000192. The SMILES string of the molecule is CC1(C)CN(Cc2cnn(Cc3ccccc3)c2)CCC1N.Cl. The lowest BCUT2D eigenvalue weighted by Gasteiger charge is -2.42. The number of hydrogen-bond donors (Lipinski definition) is 1. The summed E-state index contributed by atoms with van der Waals surface area (Å²) in [5.41, 5.74) is 8.97. The number of rotatable bonds is 4. The average molecular weight is 335 g/mol. The Morgan fingerprint density at radius 2 is 1.91 bits per heavy atom. The number of nitrogens with zero attached hydrogens (tertiary/aromatic N) is 3. The molecule has 2 N–H and O–H groups in total. The third kappa shape index (κ3) is 4.56. The molecule has 1 aliphatic rings. The van der Waals surface area contributed by atoms with Crippen LogP contribution in [-0.2, 0) is 13.1 Å². The third-order valence-electron chi connectivity index (χ3n) is 4.67. The number of piperidine rings is 1. The zero-order chi connectivity index (χ0) is 15.6. The highest BCUT2D eigenvalue weighted by molar-refractivity contribution is 5.85. The van der Waals surface area contributed by atoms with E-state index >= 15 is 0 Å². The van der Waals surface area contributed by atoms with Crippen molar-refractivity contribution < 1.29 is 0 Å². The quantitative estimate of drug-likeness (QED) is 0.935. The van der Waals surface area contributed by atoms with E-state index in [0.717, 1.165) is 32.6 Å². The van der Waals surface area contributed by atoms with E-state index in [9.17, 15) is 0 Å². The molecule has 1 aromatic carbocycles. The van der Waals surface area contributed by atoms with Crippen molar-refractivity contribution in [1.29, 1.82) is 0 Å². The zero-order valence-corrected chi connectivity index (χ0v) is 14.8. The van der Waals surface area contributed by atoms with Crippen LogP contribution in [0.5, 0.6) is 0 Å². The van der Waals surface area contributed by atoms with Crippen LogP contribution in [0.15, 0.2) is 42.7 Å². The topological polar surface area (TPSA) is 47.1 Å². The predicted molar refractivity (Wildman–Crippen MR) is 96.7 cm³/mol. The maximum absolute atomic E-state index is 6.22. The van der Waals surface area contributed by atoms with Gasteiger partial charge in [0.05, 0.1) is 12.7 Å². The number of halogens is 1. The van der Waals surface area contributed by atoms with Gasteiger partial charge >= 0.3 is 0 Å². The van der Waals surface area contributed by atoms with Gasteiger partial charge < -0.3 is 5.73 Å². The van der Waals surface area contributed by atoms with Crippen LogP contribution in [0.25, 0.3) is 0 Å². The van der Waals surface area contributed by atoms with Crippen molar-refractivity contribution in [3.8, 4) is 0 Å². The van der Waals surface area contributed by atoms with Crippen molar-refractivity contribution in [2.24, 2.45) is 11.1 Å². The number of likely N-dealkylation sites (tertiary alicyclic amines) is 1. The summed E-state index contributed by atoms with van der Waals surface area (Å²) in [6.07, 6.45) is 5.23. The van der Waals surface area contributed by atoms with Gasteiger partial charge in [-0.15, -0.1) is 12.4 Å². The zero-order valence-electron chi connectivity index (χ0n) is 14.0. The summed E-state index contributed by atoms with van der Waals surface area (Å²) < 4.78 is 2.02. The van der Waals surface area contributed by atoms with Crippen LogP contribution in [0.1, 0.15) is 31.4 Å². The summed E-state index contributed by atoms with van der Waals surface area (Å²) in [5, 5.41) is 4.49. The van der Waals surface area contributed by atoms with Gasteiger partial charge in [-0.2, -0.15) is 5.10 Å². The van der Waals surface area contributed by atoms with Gasteiger partial charge in [0.1, 0.15) is 0 Å². The molecule has 0 spiro atoms. The highest BCUT2D eigenvalue weighted by Gasteiger charge is 2.33. The van der Waals surface area contributed by atoms with E-state index in [-0.39, 0.29) is 17.8 Å². The smallest absolute Gasteiger partial charge is 0.0659 e. The number of benzene rings is 1. The summed E-state index contributed by atoms with van der Waals surface area (Å²) in [6, 6.07) is 10.8. The second-order valence-electron chi connectivity index (χ2n) is 7.13. The molecule has 1 fully saturated rings. The lowest BCUT2D eigenvalue weighted by molar-refractivity contribution is 0.0898. The van der Waals surface area contributed by atoms with E-state index in [1.165, 1.54) is 11.1 Å². The maximum atomic E-state index is 6.22. The van der Waals surface area contributed by atoms with Crippen LogP contribution < -0.4 is 5.73 Å². The van der Waals surface area contributed by atoms with E-state index in [1.807, 2.05) is 16.9 Å². The molecule has 1 saturated heterocycles. The molecule has 4 nitrogen and oxygen atoms in total. The highest BCUT2D eigenvalue weighted by Crippen LogP contribution is 2.28. The number of aromatic nitrogens is 2. The van der Waals surface area contributed by atoms with Crippen molar-refractivity contribution in [1.82, 2.24) is 14.7 Å². The van der Waals surface area contributed by atoms with Crippen LogP contribution in [0.4, 0.5) is 0 Å². The molecule has 0 saturated carbocycles. The average Bonchev–Trinajstić information content (AvgIpc) is 2.91. The molecule has 2 heterocycles. The normalized spacial score (nSPS) is 20.9. The first-order chi connectivity index (χ1) is 10.5. The monoisotopic (exact) mass is 334 g/mol. The fourth-order valence-corrected chi connectivity index (χ4v) is 3.22. The number of hydrogen-bond acceptors (Lipinski definition) is 3. The molecule has 0 aliphatic carbocycles. The van der Waals surface area contributed by atoms with Crippen LogP contribution in [0.3, 0.4) is 0 Å². The Morgan fingerprint density at radius 1 is 1.17 bits per heavy atom. The summed E-state index contributed by atoms with van der Waals surface area (Å²) >= 11 is 0. The molecule has 1 aliphatic heterocycles. The van der Waals surface area contributed by atoms with Gasteiger partial charge in [-0.1, -0.05) is 44.2 Å². The second-order valence-corrected chi connectivity index (χ2v) is 7.13. The van der Waals surface area contributed by atoms with Crippen molar-refractivity contribution in [3.63, 3.8) is 0 Å². The van der Waals surface area contributed by atoms with Crippen LogP contribution in [0.2, 0.25) is 0 Å². The Hall–Kier alpha value is -1.36. The van der Waals surface area contributed by atoms with Crippen molar-refractivity contribution in [2.75, 3.05) is 13.1 Å². The minimum absolute atomic E-state index is 0. The van der Waals surface area contributed by atoms with E-state index in [2.05, 4.69) is 54.3 Å². The standard InChI is InChI=1S/C18H26N4.ClH/c1-18(2)14-21(9-8-17(18)19)11-16-10-20-22(13-16)12-15-6-4-3-5-7-15;/h3-7,10,13,17H,8-9,11-12,14,19H2,1-2H3;1H. The van der Waals surface area contributed by atoms with Gasteiger partial charge in [0, 0.05) is 37.4 Å². The van der Waals surface area contributed by atoms with Gasteiger partial charge in [-0.3, -0.25) is 9.58 Å². The first-order valence-electron chi connectivity index (χ1n) is 8.06. The first-order valence-corrected chi connectivity index (χ1v) is 8.06. The van der Waals surface area contributed by atoms with E-state index in [4.69, 9.17) is 5.73 Å². The van der Waals surface area contributed by atoms with Crippen LogP contribution in [-0.4, -0.2) is 33.8 Å². The molecule has 5 heteroatoms. The summed E-state index contributed by atoms with van der Waals surface area (Å²) in [6.45, 7) is 8.46. The van der Waals surface area contributed by atoms with Gasteiger partial charge in [0.25, 0.3) is 0 Å². The second kappa shape index (κ2) is 7.47. The van der Waals surface area contributed by atoms with E-state index in [0.29, 0.717) is 6.04 Å². The predicted octanol–water partition coefficient (Wildman–Crippen LogP) is 2.91. The van der Waals surface area contributed by atoms with Gasteiger partial charge in [0.2, 0.25) is 0 Å². The molecule has 1 atom stereocenters. The molecule has 0 radical (unpaired) electrons. The molecular formula is C18H27ClN4. The molecule has 23 heavy (non-hydrogen) atoms. The Kier molecular flexibility index (Phi) is 5.84. The molecule has 126 valence electrons. The van der Waals surface area contributed by atoms with Crippen LogP contribution >= 0.6 is 12.4 Å². The Bertz CT molecular complexity index is 608. The minimum Gasteiger partial charge on any atom is -0.327 e. The highest BCUT2D eigenvalue weighted by atomic mass is 35.5. The maximum Gasteiger partial charge on any atom is 0.0659 e. The Morgan fingerprint density at radius 3 is 2.61 bits per heavy atom. The van der Waals surface area contributed by atoms with Gasteiger partial charge in [-0.25, -0.2) is 0 Å². The van der Waals surface area contributed by atoms with Crippen molar-refractivity contribution in [3.05, 3.63) is 53.9 Å². The van der Waals surface area contributed by atoms with Crippen molar-refractivity contribution in [2.45, 2.75) is 39.4 Å². The molecule has 3 rings (SSSR count). The molecule has 2 aromatic rings. The lowest BCUT2D eigenvalue weighted by Crippen LogP contribution is -2.51. The fraction of sp³-hybridized carbons (Fsp3) is 0.500. The summed E-state index contributed by atoms with van der Waals surface area (Å²) in [5.74, 6) is 0. The summed E-state index contributed by atoms with van der Waals surface area (Å²) in [7, 11) is 0. The Labute approximate surface area is 145 Å². The van der Waals surface area contributed by atoms with E-state index < -0.39 is 0 Å². The van der Waals surface area contributed by atoms with Gasteiger partial charge in [0.15, 0.2) is 0 Å². The van der Waals surface area contributed by atoms with Crippen LogP contribution in [0, 0.1) is 5.41 Å². The fourth-order valence-electron chi connectivity index (χ4n) is 3.22. The van der Waals surface area contributed by atoms with Gasteiger partial charge in [-0.05, 0) is 17.4 Å². The third-order valence-corrected chi connectivity index (χ3v) is 4.67. The first kappa shape index (κ1) is 18.0. The molecule has 1 unspecified atom stereocenters. The summed E-state index contributed by atoms with van der Waals surface area (Å²) in [4.78, 5) is 2.49. The molecular weight excluding hydrogens is 308 g/mol. The largest absolute Gasteiger partial charge is 0.327 e. The van der Waals surface area contributed by atoms with E-state index in [1.54, 1.807) is 0 Å². The molecule has 0 amide bonds. The van der Waals surface area contributed by atoms with Crippen molar-refractivity contribution >= 4 is 12.4 Å². The molecule has 0 bridgehead atoms.